The number of hydrogen-bond donors (Lipinski definition) is 2. The first-order chi connectivity index (χ1) is 10.6. The monoisotopic (exact) mass is 296 g/mol. The standard InChI is InChI=1S/C18H20N2O2/c1-12(2)10-13-5-7-14(8-6-13)17-20-16(18(21)22-17)11-15-4-3-9-19-15/h3-9,11-12,18-19,21H,10H2,1-2H3/b16-11+. The van der Waals surface area contributed by atoms with E-state index in [0.717, 1.165) is 17.7 Å². The first-order valence-corrected chi connectivity index (χ1v) is 7.49. The number of rotatable bonds is 4. The zero-order valence-corrected chi connectivity index (χ0v) is 12.8. The number of aromatic nitrogens is 1. The van der Waals surface area contributed by atoms with Crippen LogP contribution in [0.5, 0.6) is 0 Å². The van der Waals surface area contributed by atoms with Crippen LogP contribution in [0.2, 0.25) is 0 Å². The van der Waals surface area contributed by atoms with E-state index in [1.165, 1.54) is 5.56 Å². The Hall–Kier alpha value is -2.33. The Balaban J connectivity index is 1.80. The van der Waals surface area contributed by atoms with Gasteiger partial charge in [0.1, 0.15) is 5.70 Å². The summed E-state index contributed by atoms with van der Waals surface area (Å²) in [6.45, 7) is 4.40. The van der Waals surface area contributed by atoms with Gasteiger partial charge in [-0.3, -0.25) is 0 Å². The van der Waals surface area contributed by atoms with E-state index in [1.54, 1.807) is 6.08 Å². The van der Waals surface area contributed by atoms with Gasteiger partial charge in [-0.05, 0) is 48.2 Å². The van der Waals surface area contributed by atoms with Gasteiger partial charge in [0.25, 0.3) is 0 Å². The predicted molar refractivity (Wildman–Crippen MR) is 87.4 cm³/mol. The van der Waals surface area contributed by atoms with Crippen molar-refractivity contribution in [1.29, 1.82) is 0 Å². The molecule has 1 aromatic carbocycles. The molecular formula is C18H20N2O2. The minimum Gasteiger partial charge on any atom is -0.441 e. The quantitative estimate of drug-likeness (QED) is 0.909. The summed E-state index contributed by atoms with van der Waals surface area (Å²) < 4.78 is 5.45. The van der Waals surface area contributed by atoms with E-state index in [0.29, 0.717) is 17.5 Å². The van der Waals surface area contributed by atoms with Crippen LogP contribution < -0.4 is 0 Å². The molecule has 1 aromatic heterocycles. The van der Waals surface area contributed by atoms with Crippen LogP contribution in [-0.4, -0.2) is 22.3 Å². The summed E-state index contributed by atoms with van der Waals surface area (Å²) in [6.07, 6.45) is 3.64. The molecule has 0 aliphatic carbocycles. The second-order valence-corrected chi connectivity index (χ2v) is 5.88. The van der Waals surface area contributed by atoms with Crippen LogP contribution in [0.4, 0.5) is 0 Å². The number of H-pyrrole nitrogens is 1. The highest BCUT2D eigenvalue weighted by Gasteiger charge is 2.24. The molecule has 22 heavy (non-hydrogen) atoms. The van der Waals surface area contributed by atoms with E-state index in [9.17, 15) is 5.11 Å². The van der Waals surface area contributed by atoms with Crippen LogP contribution in [0.25, 0.3) is 6.08 Å². The van der Waals surface area contributed by atoms with Gasteiger partial charge in [0.15, 0.2) is 0 Å². The minimum absolute atomic E-state index is 0.460. The second kappa shape index (κ2) is 6.20. The van der Waals surface area contributed by atoms with E-state index in [1.807, 2.05) is 30.5 Å². The lowest BCUT2D eigenvalue weighted by Gasteiger charge is -2.07. The van der Waals surface area contributed by atoms with Crippen molar-refractivity contribution in [2.45, 2.75) is 26.6 Å². The van der Waals surface area contributed by atoms with Gasteiger partial charge in [0, 0.05) is 17.5 Å². The van der Waals surface area contributed by atoms with Crippen molar-refractivity contribution in [2.75, 3.05) is 0 Å². The summed E-state index contributed by atoms with van der Waals surface area (Å²) in [5.74, 6) is 1.09. The SMILES string of the molecule is CC(C)Cc1ccc(C2=N/C(=C/c3ccc[nH]3)C(O)O2)cc1. The molecule has 114 valence electrons. The van der Waals surface area contributed by atoms with E-state index in [-0.39, 0.29) is 0 Å². The summed E-state index contributed by atoms with van der Waals surface area (Å²) >= 11 is 0. The maximum atomic E-state index is 9.97. The Morgan fingerprint density at radius 3 is 2.68 bits per heavy atom. The Kier molecular flexibility index (Phi) is 4.11. The predicted octanol–water partition coefficient (Wildman–Crippen LogP) is 3.35. The average Bonchev–Trinajstić information content (AvgIpc) is 3.10. The minimum atomic E-state index is -1.02. The van der Waals surface area contributed by atoms with Gasteiger partial charge in [-0.2, -0.15) is 0 Å². The number of aliphatic hydroxyl groups is 1. The van der Waals surface area contributed by atoms with Crippen molar-refractivity contribution < 1.29 is 9.84 Å². The number of hydrogen-bond acceptors (Lipinski definition) is 3. The van der Waals surface area contributed by atoms with Crippen molar-refractivity contribution >= 4 is 12.0 Å². The van der Waals surface area contributed by atoms with Gasteiger partial charge < -0.3 is 14.8 Å². The molecule has 0 bridgehead atoms. The molecule has 1 unspecified atom stereocenters. The molecule has 0 spiro atoms. The van der Waals surface area contributed by atoms with Crippen molar-refractivity contribution in [3.05, 3.63) is 65.1 Å². The topological polar surface area (TPSA) is 57.6 Å². The fraction of sp³-hybridized carbons (Fsp3) is 0.278. The molecule has 2 heterocycles. The largest absolute Gasteiger partial charge is 0.441 e. The number of ether oxygens (including phenoxy) is 1. The molecule has 2 N–H and O–H groups in total. The molecule has 4 nitrogen and oxygen atoms in total. The number of aliphatic imine (C=N–C) groups is 1. The van der Waals surface area contributed by atoms with Gasteiger partial charge >= 0.3 is 0 Å². The fourth-order valence-electron chi connectivity index (χ4n) is 2.45. The molecule has 0 fully saturated rings. The molecule has 1 aliphatic rings. The summed E-state index contributed by atoms with van der Waals surface area (Å²) in [4.78, 5) is 7.44. The van der Waals surface area contributed by atoms with E-state index < -0.39 is 6.29 Å². The number of nitrogens with one attached hydrogen (secondary N) is 1. The molecule has 3 rings (SSSR count). The van der Waals surface area contributed by atoms with E-state index >= 15 is 0 Å². The smallest absolute Gasteiger partial charge is 0.243 e. The van der Waals surface area contributed by atoms with Crippen LogP contribution >= 0.6 is 0 Å². The van der Waals surface area contributed by atoms with Crippen molar-refractivity contribution in [3.8, 4) is 0 Å². The Labute approximate surface area is 130 Å². The first-order valence-electron chi connectivity index (χ1n) is 7.49. The highest BCUT2D eigenvalue weighted by atomic mass is 16.6. The summed E-state index contributed by atoms with van der Waals surface area (Å²) in [6, 6.07) is 11.9. The van der Waals surface area contributed by atoms with Crippen molar-refractivity contribution in [1.82, 2.24) is 4.98 Å². The summed E-state index contributed by atoms with van der Waals surface area (Å²) in [5.41, 5.74) is 3.56. The third-order valence-electron chi connectivity index (χ3n) is 3.48. The fourth-order valence-corrected chi connectivity index (χ4v) is 2.45. The van der Waals surface area contributed by atoms with Gasteiger partial charge in [0.05, 0.1) is 0 Å². The molecule has 0 amide bonds. The molecule has 0 saturated heterocycles. The molecule has 4 heteroatoms. The zero-order chi connectivity index (χ0) is 15.5. The van der Waals surface area contributed by atoms with Crippen LogP contribution in [0.3, 0.4) is 0 Å². The van der Waals surface area contributed by atoms with Crippen LogP contribution in [0.15, 0.2) is 53.3 Å². The van der Waals surface area contributed by atoms with Gasteiger partial charge in [-0.15, -0.1) is 0 Å². The van der Waals surface area contributed by atoms with Crippen molar-refractivity contribution in [3.63, 3.8) is 0 Å². The maximum absolute atomic E-state index is 9.97. The van der Waals surface area contributed by atoms with E-state index in [4.69, 9.17) is 4.74 Å². The number of nitrogens with zero attached hydrogens (tertiary/aromatic N) is 1. The molecule has 0 radical (unpaired) electrons. The highest BCUT2D eigenvalue weighted by molar-refractivity contribution is 5.96. The zero-order valence-electron chi connectivity index (χ0n) is 12.8. The van der Waals surface area contributed by atoms with Gasteiger partial charge in [-0.1, -0.05) is 26.0 Å². The third-order valence-corrected chi connectivity index (χ3v) is 3.48. The van der Waals surface area contributed by atoms with Crippen molar-refractivity contribution in [2.24, 2.45) is 10.9 Å². The van der Waals surface area contributed by atoms with Crippen LogP contribution in [0.1, 0.15) is 30.7 Å². The molecule has 2 aromatic rings. The average molecular weight is 296 g/mol. The van der Waals surface area contributed by atoms with E-state index in [2.05, 4.69) is 36.0 Å². The lowest BCUT2D eigenvalue weighted by molar-refractivity contribution is 0.0177. The molecule has 1 aliphatic heterocycles. The Morgan fingerprint density at radius 1 is 1.27 bits per heavy atom. The first kappa shape index (κ1) is 14.6. The normalized spacial score (nSPS) is 19.5. The number of aliphatic hydroxyl groups excluding tert-OH is 1. The van der Waals surface area contributed by atoms with Crippen LogP contribution in [0, 0.1) is 5.92 Å². The highest BCUT2D eigenvalue weighted by Crippen LogP contribution is 2.22. The summed E-state index contributed by atoms with van der Waals surface area (Å²) in [7, 11) is 0. The second-order valence-electron chi connectivity index (χ2n) is 5.88. The number of benzene rings is 1. The molecule has 1 atom stereocenters. The lowest BCUT2D eigenvalue weighted by Crippen LogP contribution is -2.11. The van der Waals surface area contributed by atoms with Gasteiger partial charge in [-0.25, -0.2) is 4.99 Å². The maximum Gasteiger partial charge on any atom is 0.243 e. The Morgan fingerprint density at radius 2 is 2.05 bits per heavy atom. The third kappa shape index (κ3) is 3.28. The van der Waals surface area contributed by atoms with Crippen LogP contribution in [-0.2, 0) is 11.2 Å². The molecular weight excluding hydrogens is 276 g/mol. The summed E-state index contributed by atoms with van der Waals surface area (Å²) in [5, 5.41) is 9.97. The lowest BCUT2D eigenvalue weighted by atomic mass is 10.0. The molecule has 0 saturated carbocycles. The Bertz CT molecular complexity index is 682. The van der Waals surface area contributed by atoms with Gasteiger partial charge in [0.2, 0.25) is 12.2 Å². The number of aromatic amines is 1.